The Bertz CT molecular complexity index is 519. The van der Waals surface area contributed by atoms with Gasteiger partial charge in [0.15, 0.2) is 0 Å². The van der Waals surface area contributed by atoms with Crippen molar-refractivity contribution in [3.8, 4) is 0 Å². The summed E-state index contributed by atoms with van der Waals surface area (Å²) in [5, 5.41) is 2.76. The van der Waals surface area contributed by atoms with E-state index in [1.807, 2.05) is 0 Å². The first-order chi connectivity index (χ1) is 8.38. The first kappa shape index (κ1) is 10.8. The lowest BCUT2D eigenvalue weighted by Gasteiger charge is -2.13. The molecule has 1 aliphatic carbocycles. The lowest BCUT2D eigenvalue weighted by Crippen LogP contribution is -1.95. The summed E-state index contributed by atoms with van der Waals surface area (Å²) in [6, 6.07) is 13.5. The van der Waals surface area contributed by atoms with Crippen LogP contribution in [0.2, 0.25) is 0 Å². The van der Waals surface area contributed by atoms with Crippen LogP contribution in [0.4, 0.5) is 0 Å². The quantitative estimate of drug-likeness (QED) is 0.681. The van der Waals surface area contributed by atoms with E-state index in [1.54, 1.807) is 5.56 Å². The fourth-order valence-electron chi connectivity index (χ4n) is 3.12. The summed E-state index contributed by atoms with van der Waals surface area (Å²) in [7, 11) is 0. The van der Waals surface area contributed by atoms with Gasteiger partial charge in [0.05, 0.1) is 0 Å². The Morgan fingerprint density at radius 3 is 2.59 bits per heavy atom. The van der Waals surface area contributed by atoms with Crippen molar-refractivity contribution < 1.29 is 0 Å². The third-order valence-corrected chi connectivity index (χ3v) is 4.07. The van der Waals surface area contributed by atoms with Crippen molar-refractivity contribution in [3.63, 3.8) is 0 Å². The van der Waals surface area contributed by atoms with Crippen LogP contribution in [0.25, 0.3) is 10.8 Å². The molecule has 0 bridgehead atoms. The average molecular weight is 223 g/mol. The molecule has 3 rings (SSSR count). The van der Waals surface area contributed by atoms with Crippen molar-refractivity contribution in [1.82, 2.24) is 0 Å². The number of rotatable bonds is 2. The highest BCUT2D eigenvalue weighted by Gasteiger charge is 2.17. The third-order valence-electron chi connectivity index (χ3n) is 4.07. The first-order valence-electron chi connectivity index (χ1n) is 6.69. The zero-order chi connectivity index (χ0) is 11.7. The molecule has 0 heteroatoms. The largest absolute Gasteiger partial charge is 0.0616 e. The number of fused-ring (bicyclic) bond motifs is 1. The monoisotopic (exact) mass is 223 g/mol. The minimum Gasteiger partial charge on any atom is -0.0616 e. The molecule has 0 N–H and O–H groups in total. The molecular weight excluding hydrogens is 204 g/mol. The van der Waals surface area contributed by atoms with Crippen molar-refractivity contribution in [2.45, 2.75) is 38.0 Å². The summed E-state index contributed by atoms with van der Waals surface area (Å²) in [6.45, 7) is 4.07. The molecule has 0 unspecified atom stereocenters. The Morgan fingerprint density at radius 2 is 1.82 bits per heavy atom. The highest BCUT2D eigenvalue weighted by molar-refractivity contribution is 5.86. The number of benzene rings is 2. The minimum atomic E-state index is 0.796. The molecule has 1 fully saturated rings. The van der Waals surface area contributed by atoms with Crippen LogP contribution >= 0.6 is 0 Å². The van der Waals surface area contributed by atoms with Crippen LogP contribution in [0, 0.1) is 6.92 Å². The summed E-state index contributed by atoms with van der Waals surface area (Å²) < 4.78 is 0. The Labute approximate surface area is 104 Å². The Kier molecular flexibility index (Phi) is 2.88. The molecule has 0 aromatic heterocycles. The van der Waals surface area contributed by atoms with Gasteiger partial charge in [-0.05, 0) is 54.0 Å². The molecule has 87 valence electrons. The van der Waals surface area contributed by atoms with Crippen molar-refractivity contribution in [2.75, 3.05) is 0 Å². The molecule has 17 heavy (non-hydrogen) atoms. The van der Waals surface area contributed by atoms with E-state index in [1.165, 1.54) is 42.0 Å². The van der Waals surface area contributed by atoms with Crippen LogP contribution in [0.5, 0.6) is 0 Å². The van der Waals surface area contributed by atoms with Gasteiger partial charge in [-0.1, -0.05) is 49.2 Å². The van der Waals surface area contributed by atoms with Gasteiger partial charge in [-0.15, -0.1) is 0 Å². The molecule has 1 radical (unpaired) electrons. The molecule has 2 aromatic carbocycles. The van der Waals surface area contributed by atoms with Crippen molar-refractivity contribution in [3.05, 3.63) is 54.4 Å². The van der Waals surface area contributed by atoms with Crippen LogP contribution < -0.4 is 0 Å². The standard InChI is InChI=1S/C17H19/c1-2-13-11-16(14-7-3-4-8-14)12-15-9-5-6-10-17(13)15/h5-6,9-12,14H,1-4,7-8H2. The van der Waals surface area contributed by atoms with E-state index in [-0.39, 0.29) is 0 Å². The van der Waals surface area contributed by atoms with E-state index < -0.39 is 0 Å². The first-order valence-corrected chi connectivity index (χ1v) is 6.69. The van der Waals surface area contributed by atoms with E-state index in [0.29, 0.717) is 0 Å². The van der Waals surface area contributed by atoms with Crippen LogP contribution in [-0.2, 0) is 6.42 Å². The Morgan fingerprint density at radius 1 is 1.06 bits per heavy atom. The van der Waals surface area contributed by atoms with Gasteiger partial charge in [0.2, 0.25) is 0 Å². The van der Waals surface area contributed by atoms with E-state index in [2.05, 4.69) is 43.3 Å². The SMILES string of the molecule is [CH2]Cc1cc(C2CCCC2)cc2ccccc12. The second-order valence-electron chi connectivity index (χ2n) is 5.13. The zero-order valence-corrected chi connectivity index (χ0v) is 10.3. The lowest BCUT2D eigenvalue weighted by molar-refractivity contribution is 0.723. The van der Waals surface area contributed by atoms with E-state index in [4.69, 9.17) is 0 Å². The van der Waals surface area contributed by atoms with Crippen LogP contribution in [0.1, 0.15) is 42.7 Å². The van der Waals surface area contributed by atoms with Gasteiger partial charge in [0.1, 0.15) is 0 Å². The van der Waals surface area contributed by atoms with E-state index in [0.717, 1.165) is 12.3 Å². The number of hydrogen-bond acceptors (Lipinski definition) is 0. The summed E-state index contributed by atoms with van der Waals surface area (Å²) in [5.41, 5.74) is 2.95. The smallest absolute Gasteiger partial charge is 0.0152 e. The molecule has 0 amide bonds. The van der Waals surface area contributed by atoms with Gasteiger partial charge in [-0.25, -0.2) is 0 Å². The predicted molar refractivity (Wildman–Crippen MR) is 74.2 cm³/mol. The summed E-state index contributed by atoms with van der Waals surface area (Å²) in [6.07, 6.45) is 6.43. The maximum Gasteiger partial charge on any atom is -0.0152 e. The van der Waals surface area contributed by atoms with Crippen LogP contribution in [0.15, 0.2) is 36.4 Å². The third kappa shape index (κ3) is 1.97. The fraction of sp³-hybridized carbons (Fsp3) is 0.353. The molecule has 1 aliphatic rings. The molecule has 0 saturated heterocycles. The van der Waals surface area contributed by atoms with Crippen LogP contribution in [-0.4, -0.2) is 0 Å². The average Bonchev–Trinajstić information content (AvgIpc) is 2.91. The van der Waals surface area contributed by atoms with Gasteiger partial charge < -0.3 is 0 Å². The summed E-state index contributed by atoms with van der Waals surface area (Å²) in [5.74, 6) is 0.796. The maximum atomic E-state index is 4.07. The molecule has 0 nitrogen and oxygen atoms in total. The Hall–Kier alpha value is -1.30. The van der Waals surface area contributed by atoms with Crippen molar-refractivity contribution in [2.24, 2.45) is 0 Å². The molecule has 0 heterocycles. The van der Waals surface area contributed by atoms with Crippen molar-refractivity contribution in [1.29, 1.82) is 0 Å². The van der Waals surface area contributed by atoms with Gasteiger partial charge in [-0.2, -0.15) is 0 Å². The summed E-state index contributed by atoms with van der Waals surface area (Å²) in [4.78, 5) is 0. The molecule has 0 atom stereocenters. The highest BCUT2D eigenvalue weighted by Crippen LogP contribution is 2.36. The van der Waals surface area contributed by atoms with Gasteiger partial charge in [-0.3, -0.25) is 0 Å². The van der Waals surface area contributed by atoms with E-state index >= 15 is 0 Å². The van der Waals surface area contributed by atoms with Crippen LogP contribution in [0.3, 0.4) is 0 Å². The molecule has 0 spiro atoms. The Balaban J connectivity index is 2.13. The maximum absolute atomic E-state index is 4.07. The molecule has 0 aliphatic heterocycles. The molecule has 2 aromatic rings. The van der Waals surface area contributed by atoms with Gasteiger partial charge >= 0.3 is 0 Å². The minimum absolute atomic E-state index is 0.796. The van der Waals surface area contributed by atoms with Gasteiger partial charge in [0, 0.05) is 0 Å². The van der Waals surface area contributed by atoms with E-state index in [9.17, 15) is 0 Å². The molecule has 1 saturated carbocycles. The zero-order valence-electron chi connectivity index (χ0n) is 10.3. The topological polar surface area (TPSA) is 0 Å². The fourth-order valence-corrected chi connectivity index (χ4v) is 3.12. The second kappa shape index (κ2) is 4.52. The van der Waals surface area contributed by atoms with Crippen molar-refractivity contribution >= 4 is 10.8 Å². The summed E-state index contributed by atoms with van der Waals surface area (Å²) >= 11 is 0. The number of hydrogen-bond donors (Lipinski definition) is 0. The normalized spacial score (nSPS) is 16.8. The molecular formula is C17H19. The highest BCUT2D eigenvalue weighted by atomic mass is 14.2. The predicted octanol–water partition coefficient (Wildman–Crippen LogP) is 4.87. The second-order valence-corrected chi connectivity index (χ2v) is 5.13. The lowest BCUT2D eigenvalue weighted by atomic mass is 9.91. The van der Waals surface area contributed by atoms with Gasteiger partial charge in [0.25, 0.3) is 0 Å².